The van der Waals surface area contributed by atoms with E-state index in [1.54, 1.807) is 0 Å². The zero-order valence-corrected chi connectivity index (χ0v) is 13.0. The molecule has 1 N–H and O–H groups in total. The molecular formula is C18H21NO3. The molecule has 1 heterocycles. The van der Waals surface area contributed by atoms with Crippen molar-refractivity contribution in [2.24, 2.45) is 0 Å². The molecule has 0 atom stereocenters. The van der Waals surface area contributed by atoms with Crippen LogP contribution < -0.4 is 19.5 Å². The van der Waals surface area contributed by atoms with Crippen LogP contribution in [0.25, 0.3) is 0 Å². The molecule has 2 aromatic carbocycles. The monoisotopic (exact) mass is 299 g/mol. The lowest BCUT2D eigenvalue weighted by atomic mass is 10.2. The average Bonchev–Trinajstić information content (AvgIpc) is 2.96. The Morgan fingerprint density at radius 2 is 1.64 bits per heavy atom. The van der Waals surface area contributed by atoms with Crippen molar-refractivity contribution in [1.82, 2.24) is 5.32 Å². The maximum absolute atomic E-state index is 5.64. The smallest absolute Gasteiger partial charge is 0.231 e. The van der Waals surface area contributed by atoms with Crippen LogP contribution in [0.15, 0.2) is 42.5 Å². The van der Waals surface area contributed by atoms with Crippen LogP contribution >= 0.6 is 0 Å². The Morgan fingerprint density at radius 1 is 0.955 bits per heavy atom. The highest BCUT2D eigenvalue weighted by atomic mass is 16.7. The molecule has 1 aliphatic rings. The van der Waals surface area contributed by atoms with Gasteiger partial charge in [-0.2, -0.15) is 0 Å². The highest BCUT2D eigenvalue weighted by molar-refractivity contribution is 5.44. The Balaban J connectivity index is 1.50. The maximum atomic E-state index is 5.64. The van der Waals surface area contributed by atoms with E-state index in [2.05, 4.69) is 23.5 Å². The van der Waals surface area contributed by atoms with Crippen LogP contribution in [0.2, 0.25) is 0 Å². The van der Waals surface area contributed by atoms with Gasteiger partial charge in [0.2, 0.25) is 6.79 Å². The van der Waals surface area contributed by atoms with Crippen molar-refractivity contribution >= 4 is 0 Å². The predicted octanol–water partition coefficient (Wildman–Crippen LogP) is 3.49. The van der Waals surface area contributed by atoms with E-state index < -0.39 is 0 Å². The molecule has 1 aliphatic heterocycles. The number of benzene rings is 2. The summed E-state index contributed by atoms with van der Waals surface area (Å²) in [5, 5.41) is 3.43. The molecule has 0 saturated heterocycles. The van der Waals surface area contributed by atoms with Crippen molar-refractivity contribution < 1.29 is 14.2 Å². The van der Waals surface area contributed by atoms with Gasteiger partial charge in [0.25, 0.3) is 0 Å². The van der Waals surface area contributed by atoms with E-state index in [9.17, 15) is 0 Å². The van der Waals surface area contributed by atoms with Crippen molar-refractivity contribution in [2.45, 2.75) is 33.0 Å². The van der Waals surface area contributed by atoms with Gasteiger partial charge in [-0.15, -0.1) is 0 Å². The van der Waals surface area contributed by atoms with Crippen LogP contribution in [0.5, 0.6) is 17.2 Å². The second-order valence-electron chi connectivity index (χ2n) is 5.60. The van der Waals surface area contributed by atoms with Crippen molar-refractivity contribution in [2.75, 3.05) is 6.79 Å². The molecule has 0 radical (unpaired) electrons. The molecule has 2 aromatic rings. The van der Waals surface area contributed by atoms with Crippen LogP contribution in [-0.4, -0.2) is 12.9 Å². The lowest BCUT2D eigenvalue weighted by Gasteiger charge is -2.10. The SMILES string of the molecule is CC(C)Oc1ccc(CNCc2ccc3c(c2)OCO3)cc1. The van der Waals surface area contributed by atoms with Gasteiger partial charge in [-0.05, 0) is 49.2 Å². The number of nitrogens with one attached hydrogen (secondary N) is 1. The normalized spacial score (nSPS) is 12.7. The average molecular weight is 299 g/mol. The van der Waals surface area contributed by atoms with Gasteiger partial charge in [0.15, 0.2) is 11.5 Å². The summed E-state index contributed by atoms with van der Waals surface area (Å²) < 4.78 is 16.3. The van der Waals surface area contributed by atoms with Gasteiger partial charge in [0, 0.05) is 13.1 Å². The molecule has 0 aliphatic carbocycles. The number of rotatable bonds is 6. The first-order chi connectivity index (χ1) is 10.7. The first kappa shape index (κ1) is 14.7. The van der Waals surface area contributed by atoms with E-state index in [4.69, 9.17) is 14.2 Å². The molecule has 0 unspecified atom stereocenters. The predicted molar refractivity (Wildman–Crippen MR) is 85.3 cm³/mol. The van der Waals surface area contributed by atoms with E-state index in [0.717, 1.165) is 30.3 Å². The fraction of sp³-hybridized carbons (Fsp3) is 0.333. The van der Waals surface area contributed by atoms with Crippen molar-refractivity contribution in [3.05, 3.63) is 53.6 Å². The second kappa shape index (κ2) is 6.71. The van der Waals surface area contributed by atoms with Crippen molar-refractivity contribution in [3.8, 4) is 17.2 Å². The van der Waals surface area contributed by atoms with E-state index in [-0.39, 0.29) is 6.10 Å². The minimum atomic E-state index is 0.204. The van der Waals surface area contributed by atoms with E-state index in [0.29, 0.717) is 6.79 Å². The van der Waals surface area contributed by atoms with Gasteiger partial charge in [0.05, 0.1) is 6.10 Å². The van der Waals surface area contributed by atoms with Gasteiger partial charge >= 0.3 is 0 Å². The molecule has 22 heavy (non-hydrogen) atoms. The molecule has 0 spiro atoms. The molecule has 116 valence electrons. The molecule has 0 aromatic heterocycles. The summed E-state index contributed by atoms with van der Waals surface area (Å²) in [6.07, 6.45) is 0.204. The Labute approximate surface area is 131 Å². The minimum Gasteiger partial charge on any atom is -0.491 e. The highest BCUT2D eigenvalue weighted by Gasteiger charge is 2.12. The fourth-order valence-corrected chi connectivity index (χ4v) is 2.36. The van der Waals surface area contributed by atoms with Crippen LogP contribution in [0.4, 0.5) is 0 Å². The summed E-state index contributed by atoms with van der Waals surface area (Å²) in [5.74, 6) is 2.56. The quantitative estimate of drug-likeness (QED) is 0.886. The standard InChI is InChI=1S/C18H21NO3/c1-13(2)22-16-6-3-14(4-7-16)10-19-11-15-5-8-17-18(9-15)21-12-20-17/h3-9,13,19H,10-12H2,1-2H3. The minimum absolute atomic E-state index is 0.204. The van der Waals surface area contributed by atoms with Gasteiger partial charge in [-0.25, -0.2) is 0 Å². The molecule has 4 nitrogen and oxygen atoms in total. The summed E-state index contributed by atoms with van der Waals surface area (Å²) >= 11 is 0. The summed E-state index contributed by atoms with van der Waals surface area (Å²) in [4.78, 5) is 0. The van der Waals surface area contributed by atoms with Gasteiger partial charge < -0.3 is 19.5 Å². The van der Waals surface area contributed by atoms with Crippen LogP contribution in [0.1, 0.15) is 25.0 Å². The zero-order valence-electron chi connectivity index (χ0n) is 13.0. The van der Waals surface area contributed by atoms with Crippen LogP contribution in [0.3, 0.4) is 0 Å². The lowest BCUT2D eigenvalue weighted by Crippen LogP contribution is -2.12. The molecular weight excluding hydrogens is 278 g/mol. The summed E-state index contributed by atoms with van der Waals surface area (Å²) in [5.41, 5.74) is 2.42. The molecule has 0 saturated carbocycles. The van der Waals surface area contributed by atoms with Gasteiger partial charge in [-0.1, -0.05) is 18.2 Å². The zero-order chi connectivity index (χ0) is 15.4. The first-order valence-electron chi connectivity index (χ1n) is 7.55. The third-order valence-electron chi connectivity index (χ3n) is 3.39. The number of ether oxygens (including phenoxy) is 3. The molecule has 0 bridgehead atoms. The lowest BCUT2D eigenvalue weighted by molar-refractivity contribution is 0.174. The third kappa shape index (κ3) is 3.71. The summed E-state index contributed by atoms with van der Waals surface area (Å²) in [6.45, 7) is 5.98. The van der Waals surface area contributed by atoms with Crippen LogP contribution in [0, 0.1) is 0 Å². The first-order valence-corrected chi connectivity index (χ1v) is 7.55. The summed E-state index contributed by atoms with van der Waals surface area (Å²) in [7, 11) is 0. The third-order valence-corrected chi connectivity index (χ3v) is 3.39. The maximum Gasteiger partial charge on any atom is 0.231 e. The molecule has 0 amide bonds. The Hall–Kier alpha value is -2.20. The van der Waals surface area contributed by atoms with E-state index in [1.165, 1.54) is 11.1 Å². The number of hydrogen-bond acceptors (Lipinski definition) is 4. The Kier molecular flexibility index (Phi) is 4.49. The largest absolute Gasteiger partial charge is 0.491 e. The second-order valence-corrected chi connectivity index (χ2v) is 5.60. The van der Waals surface area contributed by atoms with Gasteiger partial charge in [0.1, 0.15) is 5.75 Å². The van der Waals surface area contributed by atoms with Crippen LogP contribution in [-0.2, 0) is 13.1 Å². The molecule has 3 rings (SSSR count). The number of fused-ring (bicyclic) bond motifs is 1. The highest BCUT2D eigenvalue weighted by Crippen LogP contribution is 2.32. The van der Waals surface area contributed by atoms with Crippen molar-refractivity contribution in [3.63, 3.8) is 0 Å². The number of hydrogen-bond donors (Lipinski definition) is 1. The van der Waals surface area contributed by atoms with E-state index >= 15 is 0 Å². The topological polar surface area (TPSA) is 39.7 Å². The Bertz CT molecular complexity index is 623. The molecule has 0 fully saturated rings. The van der Waals surface area contributed by atoms with E-state index in [1.807, 2.05) is 38.1 Å². The fourth-order valence-electron chi connectivity index (χ4n) is 2.36. The Morgan fingerprint density at radius 3 is 2.41 bits per heavy atom. The molecule has 4 heteroatoms. The van der Waals surface area contributed by atoms with Crippen molar-refractivity contribution in [1.29, 1.82) is 0 Å². The summed E-state index contributed by atoms with van der Waals surface area (Å²) in [6, 6.07) is 14.2. The van der Waals surface area contributed by atoms with Gasteiger partial charge in [-0.3, -0.25) is 0 Å².